The average molecular weight is 445 g/mol. The lowest BCUT2D eigenvalue weighted by Crippen LogP contribution is -2.39. The molecule has 1 atom stereocenters. The number of rotatable bonds is 22. The number of nitrogens with zero attached hydrogens (tertiary/aromatic N) is 1. The van der Waals surface area contributed by atoms with E-state index in [9.17, 15) is 14.5 Å². The zero-order valence-electron chi connectivity index (χ0n) is 20.6. The van der Waals surface area contributed by atoms with Crippen molar-refractivity contribution < 1.29 is 19.0 Å². The highest BCUT2D eigenvalue weighted by Crippen LogP contribution is 2.35. The molecule has 5 heteroatoms. The molecule has 0 aromatic rings. The Balaban J connectivity index is 3.38. The molecular formula is C25H51NO3P+. The van der Waals surface area contributed by atoms with Crippen LogP contribution in [-0.4, -0.2) is 48.1 Å². The lowest BCUT2D eigenvalue weighted by molar-refractivity contribution is -0.861. The van der Waals surface area contributed by atoms with Crippen LogP contribution in [0.15, 0.2) is 0 Å². The van der Waals surface area contributed by atoms with Crippen LogP contribution in [0, 0.1) is 0 Å². The van der Waals surface area contributed by atoms with E-state index in [-0.39, 0.29) is 17.6 Å². The zero-order valence-corrected chi connectivity index (χ0v) is 21.5. The molecule has 0 aliphatic heterocycles. The van der Waals surface area contributed by atoms with Crippen molar-refractivity contribution >= 4 is 19.2 Å². The molecule has 178 valence electrons. The van der Waals surface area contributed by atoms with E-state index in [2.05, 4.69) is 6.92 Å². The van der Waals surface area contributed by atoms with Gasteiger partial charge in [-0.25, -0.2) is 0 Å². The van der Waals surface area contributed by atoms with E-state index in [4.69, 9.17) is 0 Å². The number of unbranched alkanes of at least 4 members (excludes halogenated alkanes) is 16. The normalized spacial score (nSPS) is 12.8. The third kappa shape index (κ3) is 19.6. The summed E-state index contributed by atoms with van der Waals surface area (Å²) in [7, 11) is 3.57. The fourth-order valence-electron chi connectivity index (χ4n) is 3.72. The van der Waals surface area contributed by atoms with Gasteiger partial charge in [-0.15, -0.1) is 0 Å². The molecule has 0 radical (unpaired) electrons. The summed E-state index contributed by atoms with van der Waals surface area (Å²) in [5.41, 5.74) is -0.543. The van der Waals surface area contributed by atoms with E-state index >= 15 is 0 Å². The second-order valence-corrected chi connectivity index (χ2v) is 11.6. The predicted molar refractivity (Wildman–Crippen MR) is 131 cm³/mol. The molecule has 0 aromatic heterocycles. The Labute approximate surface area is 188 Å². The van der Waals surface area contributed by atoms with Gasteiger partial charge in [0, 0.05) is 6.42 Å². The van der Waals surface area contributed by atoms with Gasteiger partial charge in [-0.3, -0.25) is 9.59 Å². The van der Waals surface area contributed by atoms with Gasteiger partial charge in [0.2, 0.25) is 5.52 Å². The van der Waals surface area contributed by atoms with Crippen LogP contribution in [0.2, 0.25) is 0 Å². The van der Waals surface area contributed by atoms with Crippen LogP contribution in [0.4, 0.5) is 0 Å². The molecule has 0 saturated carbocycles. The van der Waals surface area contributed by atoms with E-state index in [1.165, 1.54) is 89.9 Å². The highest BCUT2D eigenvalue weighted by molar-refractivity contribution is 7.84. The van der Waals surface area contributed by atoms with Crippen LogP contribution in [-0.2, 0) is 9.59 Å². The number of hydrogen-bond acceptors (Lipinski definition) is 3. The van der Waals surface area contributed by atoms with Crippen LogP contribution in [0.1, 0.15) is 122 Å². The van der Waals surface area contributed by atoms with Crippen molar-refractivity contribution in [2.45, 2.75) is 122 Å². The molecule has 1 N–H and O–H groups in total. The van der Waals surface area contributed by atoms with Gasteiger partial charge in [0.1, 0.15) is 6.54 Å². The number of quaternary nitrogens is 1. The molecule has 0 spiro atoms. The summed E-state index contributed by atoms with van der Waals surface area (Å²) in [6.45, 7) is 2.49. The first-order chi connectivity index (χ1) is 14.3. The fraction of sp³-hybridized carbons (Fsp3) is 0.920. The minimum absolute atomic E-state index is 0.215. The largest absolute Gasteiger partial charge is 0.360 e. The smallest absolute Gasteiger partial charge is 0.242 e. The van der Waals surface area contributed by atoms with Crippen molar-refractivity contribution in [3.63, 3.8) is 0 Å². The quantitative estimate of drug-likeness (QED) is 0.109. The predicted octanol–water partition coefficient (Wildman–Crippen LogP) is 7.18. The standard InChI is InChI=1S/C25H51NO3P/c1-5-6-7-8-9-10-11-12-13-14-15-16-17-18-19-20-21-22-24(27)30(29)25(28)23-26(2,3)4/h29H,5-23H2,1-4H3/q+1. The summed E-state index contributed by atoms with van der Waals surface area (Å²) in [6, 6.07) is 0. The fourth-order valence-corrected chi connectivity index (χ4v) is 4.93. The van der Waals surface area contributed by atoms with Gasteiger partial charge >= 0.3 is 0 Å². The Bertz CT molecular complexity index is 435. The lowest BCUT2D eigenvalue weighted by Gasteiger charge is -2.23. The van der Waals surface area contributed by atoms with Gasteiger partial charge in [0.15, 0.2) is 13.7 Å². The Morgan fingerprint density at radius 3 is 1.27 bits per heavy atom. The Morgan fingerprint density at radius 2 is 0.933 bits per heavy atom. The first-order valence-corrected chi connectivity index (χ1v) is 13.9. The first-order valence-electron chi connectivity index (χ1n) is 12.6. The van der Waals surface area contributed by atoms with Crippen LogP contribution in [0.5, 0.6) is 0 Å². The van der Waals surface area contributed by atoms with Crippen molar-refractivity contribution in [1.29, 1.82) is 0 Å². The Morgan fingerprint density at radius 1 is 0.600 bits per heavy atom. The average Bonchev–Trinajstić information content (AvgIpc) is 2.68. The first kappa shape index (κ1) is 29.7. The van der Waals surface area contributed by atoms with Crippen LogP contribution in [0.25, 0.3) is 0 Å². The molecule has 1 unspecified atom stereocenters. The summed E-state index contributed by atoms with van der Waals surface area (Å²) in [5.74, 6) is 0. The third-order valence-electron chi connectivity index (χ3n) is 5.58. The molecule has 0 aliphatic carbocycles. The van der Waals surface area contributed by atoms with E-state index < -0.39 is 8.15 Å². The minimum Gasteiger partial charge on any atom is -0.360 e. The van der Waals surface area contributed by atoms with Crippen molar-refractivity contribution in [3.05, 3.63) is 0 Å². The van der Waals surface area contributed by atoms with Gasteiger partial charge in [0.25, 0.3) is 0 Å². The van der Waals surface area contributed by atoms with Crippen molar-refractivity contribution in [1.82, 2.24) is 0 Å². The molecule has 0 amide bonds. The van der Waals surface area contributed by atoms with E-state index in [0.717, 1.165) is 19.3 Å². The van der Waals surface area contributed by atoms with Gasteiger partial charge in [0.05, 0.1) is 21.1 Å². The summed E-state index contributed by atoms with van der Waals surface area (Å²) < 4.78 is 0.449. The van der Waals surface area contributed by atoms with Crippen LogP contribution >= 0.6 is 8.15 Å². The SMILES string of the molecule is CCCCCCCCCCCCCCCCCCCC(=O)P(O)C(=O)C[N+](C)(C)C. The molecular weight excluding hydrogens is 393 g/mol. The second-order valence-electron chi connectivity index (χ2n) is 9.95. The summed E-state index contributed by atoms with van der Waals surface area (Å²) in [6.07, 6.45) is 22.6. The Kier molecular flexibility index (Phi) is 19.2. The van der Waals surface area contributed by atoms with E-state index in [1.807, 2.05) is 21.1 Å². The van der Waals surface area contributed by atoms with E-state index in [1.54, 1.807) is 0 Å². The lowest BCUT2D eigenvalue weighted by atomic mass is 10.0. The van der Waals surface area contributed by atoms with Crippen LogP contribution in [0.3, 0.4) is 0 Å². The minimum atomic E-state index is -2.11. The zero-order chi connectivity index (χ0) is 22.7. The number of carbonyl (C=O) groups is 2. The monoisotopic (exact) mass is 444 g/mol. The van der Waals surface area contributed by atoms with Crippen molar-refractivity contribution in [2.24, 2.45) is 0 Å². The van der Waals surface area contributed by atoms with E-state index in [0.29, 0.717) is 10.9 Å². The maximum atomic E-state index is 12.0. The maximum absolute atomic E-state index is 12.0. The van der Waals surface area contributed by atoms with Gasteiger partial charge in [-0.05, 0) is 6.42 Å². The summed E-state index contributed by atoms with van der Waals surface area (Å²) in [4.78, 5) is 33.8. The number of carbonyl (C=O) groups excluding carboxylic acids is 2. The number of hydrogen-bond donors (Lipinski definition) is 1. The molecule has 0 saturated heterocycles. The third-order valence-corrected chi connectivity index (χ3v) is 6.89. The highest BCUT2D eigenvalue weighted by Gasteiger charge is 2.28. The molecule has 4 nitrogen and oxygen atoms in total. The number of likely N-dealkylation sites (N-methyl/N-ethyl adjacent to an activating group) is 1. The highest BCUT2D eigenvalue weighted by atomic mass is 31.1. The molecule has 0 fully saturated rings. The topological polar surface area (TPSA) is 54.4 Å². The van der Waals surface area contributed by atoms with Gasteiger partial charge < -0.3 is 9.38 Å². The van der Waals surface area contributed by atoms with Crippen molar-refractivity contribution in [3.8, 4) is 0 Å². The maximum Gasteiger partial charge on any atom is 0.242 e. The molecule has 30 heavy (non-hydrogen) atoms. The summed E-state index contributed by atoms with van der Waals surface area (Å²) >= 11 is 0. The molecule has 0 aromatic carbocycles. The summed E-state index contributed by atoms with van der Waals surface area (Å²) in [5, 5.41) is 0. The van der Waals surface area contributed by atoms with Crippen molar-refractivity contribution in [2.75, 3.05) is 27.7 Å². The molecule has 0 rings (SSSR count). The van der Waals surface area contributed by atoms with Gasteiger partial charge in [-0.1, -0.05) is 110 Å². The van der Waals surface area contributed by atoms with Crippen LogP contribution < -0.4 is 0 Å². The Hall–Kier alpha value is -0.310. The molecule has 0 bridgehead atoms. The second kappa shape index (κ2) is 19.4. The molecule has 0 aliphatic rings. The van der Waals surface area contributed by atoms with Gasteiger partial charge in [-0.2, -0.15) is 0 Å². The molecule has 0 heterocycles.